The monoisotopic (exact) mass is 485 g/mol. The van der Waals surface area contributed by atoms with Gasteiger partial charge in [-0.05, 0) is 88.0 Å². The van der Waals surface area contributed by atoms with Gasteiger partial charge in [-0.25, -0.2) is 4.98 Å². The van der Waals surface area contributed by atoms with Gasteiger partial charge in [-0.1, -0.05) is 31.0 Å². The molecule has 2 aromatic rings. The maximum atomic E-state index is 13.8. The lowest BCUT2D eigenvalue weighted by Crippen LogP contribution is -2.41. The van der Waals surface area contributed by atoms with Gasteiger partial charge in [-0.15, -0.1) is 11.3 Å². The standard InChI is InChI=1S/C26H35N3O2S2/c1-15(20-13-16-10-11-17(20)12-16)27-22(30)14-32-26-28-24-23(19-8-4-5-9-21(19)33-24)25(31)29(26)18-6-2-3-7-18/h15-18,20H,2-14H2,1H3,(H,27,30)/t15-,16+,17+,20+/m0/s1. The minimum atomic E-state index is 0.0769. The van der Waals surface area contributed by atoms with Crippen LogP contribution in [-0.2, 0) is 17.6 Å². The Morgan fingerprint density at radius 3 is 2.73 bits per heavy atom. The molecule has 3 fully saturated rings. The molecule has 0 radical (unpaired) electrons. The van der Waals surface area contributed by atoms with Crippen LogP contribution in [0.3, 0.4) is 0 Å². The maximum Gasteiger partial charge on any atom is 0.263 e. The SMILES string of the molecule is C[C@H](NC(=O)CSc1nc2sc3c(c2c(=O)n1C1CCCC1)CCCC3)[C@H]1C[C@@H]2CC[C@@H]1C2. The molecule has 4 atom stereocenters. The highest BCUT2D eigenvalue weighted by molar-refractivity contribution is 7.99. The molecule has 1 amide bonds. The van der Waals surface area contributed by atoms with Crippen molar-refractivity contribution in [2.45, 2.75) is 101 Å². The van der Waals surface area contributed by atoms with E-state index >= 15 is 0 Å². The smallest absolute Gasteiger partial charge is 0.263 e. The molecule has 6 rings (SSSR count). The van der Waals surface area contributed by atoms with Gasteiger partial charge in [0, 0.05) is 17.0 Å². The molecule has 0 unspecified atom stereocenters. The molecule has 3 saturated carbocycles. The zero-order valence-corrected chi connectivity index (χ0v) is 21.2. The number of aryl methyl sites for hydroxylation is 2. The van der Waals surface area contributed by atoms with E-state index < -0.39 is 0 Å². The number of thioether (sulfide) groups is 1. The molecule has 33 heavy (non-hydrogen) atoms. The second-order valence-electron chi connectivity index (χ2n) is 10.9. The number of carbonyl (C=O) groups is 1. The Hall–Kier alpha value is -1.34. The van der Waals surface area contributed by atoms with Crippen LogP contribution in [-0.4, -0.2) is 27.3 Å². The third-order valence-electron chi connectivity index (χ3n) is 8.83. The van der Waals surface area contributed by atoms with Gasteiger partial charge < -0.3 is 5.32 Å². The molecule has 0 spiro atoms. The summed E-state index contributed by atoms with van der Waals surface area (Å²) in [7, 11) is 0. The first kappa shape index (κ1) is 22.1. The zero-order valence-electron chi connectivity index (χ0n) is 19.6. The first-order chi connectivity index (χ1) is 16.1. The maximum absolute atomic E-state index is 13.8. The van der Waals surface area contributed by atoms with Crippen molar-refractivity contribution in [3.8, 4) is 0 Å². The topological polar surface area (TPSA) is 64.0 Å². The second-order valence-corrected chi connectivity index (χ2v) is 12.9. The van der Waals surface area contributed by atoms with Crippen molar-refractivity contribution in [2.24, 2.45) is 17.8 Å². The number of rotatable bonds is 6. The lowest BCUT2D eigenvalue weighted by molar-refractivity contribution is -0.119. The Morgan fingerprint density at radius 1 is 1.15 bits per heavy atom. The van der Waals surface area contributed by atoms with E-state index in [4.69, 9.17) is 4.98 Å². The lowest BCUT2D eigenvalue weighted by atomic mass is 9.84. The molecule has 1 N–H and O–H groups in total. The van der Waals surface area contributed by atoms with Crippen LogP contribution in [0.15, 0.2) is 9.95 Å². The summed E-state index contributed by atoms with van der Waals surface area (Å²) in [5.41, 5.74) is 1.41. The van der Waals surface area contributed by atoms with Gasteiger partial charge in [0.1, 0.15) is 4.83 Å². The summed E-state index contributed by atoms with van der Waals surface area (Å²) < 4.78 is 1.97. The number of carbonyl (C=O) groups excluding carboxylic acids is 1. The van der Waals surface area contributed by atoms with Crippen molar-refractivity contribution in [2.75, 3.05) is 5.75 Å². The number of fused-ring (bicyclic) bond motifs is 5. The number of thiophene rings is 1. The average Bonchev–Trinajstić information content (AvgIpc) is 3.61. The number of nitrogens with zero attached hydrogens (tertiary/aromatic N) is 2. The van der Waals surface area contributed by atoms with Gasteiger partial charge >= 0.3 is 0 Å². The zero-order chi connectivity index (χ0) is 22.5. The van der Waals surface area contributed by atoms with Crippen molar-refractivity contribution in [1.29, 1.82) is 0 Å². The lowest BCUT2D eigenvalue weighted by Gasteiger charge is -2.28. The molecule has 7 heteroatoms. The minimum Gasteiger partial charge on any atom is -0.353 e. The van der Waals surface area contributed by atoms with Gasteiger partial charge in [-0.3, -0.25) is 14.2 Å². The fourth-order valence-electron chi connectivity index (χ4n) is 7.22. The number of amides is 1. The van der Waals surface area contributed by atoms with E-state index in [1.807, 2.05) is 4.57 Å². The summed E-state index contributed by atoms with van der Waals surface area (Å²) in [6, 6.07) is 0.469. The molecule has 5 nitrogen and oxygen atoms in total. The second kappa shape index (κ2) is 9.03. The number of aromatic nitrogens is 2. The first-order valence-electron chi connectivity index (χ1n) is 13.1. The Bertz CT molecular complexity index is 1120. The van der Waals surface area contributed by atoms with Crippen LogP contribution in [0, 0.1) is 17.8 Å². The van der Waals surface area contributed by atoms with E-state index in [9.17, 15) is 9.59 Å². The number of nitrogens with one attached hydrogen (secondary N) is 1. The van der Waals surface area contributed by atoms with E-state index in [-0.39, 0.29) is 23.6 Å². The van der Waals surface area contributed by atoms with Crippen molar-refractivity contribution < 1.29 is 4.79 Å². The molecule has 0 saturated heterocycles. The predicted octanol–water partition coefficient (Wildman–Crippen LogP) is 5.48. The summed E-state index contributed by atoms with van der Waals surface area (Å²) in [5, 5.41) is 4.91. The van der Waals surface area contributed by atoms with E-state index in [1.54, 1.807) is 11.3 Å². The Balaban J connectivity index is 1.23. The van der Waals surface area contributed by atoms with Crippen LogP contribution in [0.5, 0.6) is 0 Å². The van der Waals surface area contributed by atoms with Crippen molar-refractivity contribution in [3.05, 3.63) is 20.8 Å². The van der Waals surface area contributed by atoms with Crippen molar-refractivity contribution in [3.63, 3.8) is 0 Å². The molecule has 178 valence electrons. The van der Waals surface area contributed by atoms with Gasteiger partial charge in [-0.2, -0.15) is 0 Å². The van der Waals surface area contributed by atoms with Gasteiger partial charge in [0.2, 0.25) is 5.91 Å². The Labute approximate surface area is 204 Å². The van der Waals surface area contributed by atoms with Crippen LogP contribution in [0.1, 0.15) is 87.6 Å². The average molecular weight is 486 g/mol. The molecule has 2 heterocycles. The van der Waals surface area contributed by atoms with Gasteiger partial charge in [0.25, 0.3) is 5.56 Å². The fraction of sp³-hybridized carbons (Fsp3) is 0.731. The molecule has 4 aliphatic rings. The van der Waals surface area contributed by atoms with Crippen LogP contribution in [0.4, 0.5) is 0 Å². The summed E-state index contributed by atoms with van der Waals surface area (Å²) in [4.78, 5) is 33.9. The summed E-state index contributed by atoms with van der Waals surface area (Å²) >= 11 is 3.17. The minimum absolute atomic E-state index is 0.0769. The molecule has 4 aliphatic carbocycles. The summed E-state index contributed by atoms with van der Waals surface area (Å²) in [6.45, 7) is 2.18. The highest BCUT2D eigenvalue weighted by Crippen LogP contribution is 2.49. The van der Waals surface area contributed by atoms with E-state index in [0.717, 1.165) is 52.9 Å². The normalized spacial score (nSPS) is 27.8. The third kappa shape index (κ3) is 4.07. The highest BCUT2D eigenvalue weighted by atomic mass is 32.2. The van der Waals surface area contributed by atoms with Crippen molar-refractivity contribution in [1.82, 2.24) is 14.9 Å². The van der Waals surface area contributed by atoms with Crippen LogP contribution in [0.25, 0.3) is 10.2 Å². The number of hydrogen-bond acceptors (Lipinski definition) is 5. The molecule has 2 bridgehead atoms. The highest BCUT2D eigenvalue weighted by Gasteiger charge is 2.42. The van der Waals surface area contributed by atoms with Crippen LogP contribution in [0.2, 0.25) is 0 Å². The molecular weight excluding hydrogens is 450 g/mol. The van der Waals surface area contributed by atoms with E-state index in [1.165, 1.54) is 73.6 Å². The van der Waals surface area contributed by atoms with Gasteiger partial charge in [0.15, 0.2) is 5.16 Å². The summed E-state index contributed by atoms with van der Waals surface area (Å²) in [6.07, 6.45) is 14.2. The molecule has 0 aliphatic heterocycles. The van der Waals surface area contributed by atoms with E-state index in [0.29, 0.717) is 11.7 Å². The molecule has 0 aromatic carbocycles. The predicted molar refractivity (Wildman–Crippen MR) is 135 cm³/mol. The van der Waals surface area contributed by atoms with Crippen molar-refractivity contribution >= 4 is 39.2 Å². The molecule has 2 aromatic heterocycles. The Morgan fingerprint density at radius 2 is 1.97 bits per heavy atom. The first-order valence-corrected chi connectivity index (χ1v) is 14.9. The van der Waals surface area contributed by atoms with E-state index in [2.05, 4.69) is 12.2 Å². The quantitative estimate of drug-likeness (QED) is 0.434. The van der Waals surface area contributed by atoms with Crippen LogP contribution >= 0.6 is 23.1 Å². The Kier molecular flexibility index (Phi) is 6.06. The third-order valence-corrected chi connectivity index (χ3v) is 11.0. The molecular formula is C26H35N3O2S2. The fourth-order valence-corrected chi connectivity index (χ4v) is 9.40. The largest absolute Gasteiger partial charge is 0.353 e. The number of hydrogen-bond donors (Lipinski definition) is 1. The van der Waals surface area contributed by atoms with Crippen LogP contribution < -0.4 is 10.9 Å². The summed E-state index contributed by atoms with van der Waals surface area (Å²) in [5.74, 6) is 2.75. The van der Waals surface area contributed by atoms with Gasteiger partial charge in [0.05, 0.1) is 11.1 Å².